The quantitative estimate of drug-likeness (QED) is 0.489. The van der Waals surface area contributed by atoms with E-state index < -0.39 is 30.2 Å². The van der Waals surface area contributed by atoms with Crippen LogP contribution in [0.5, 0.6) is 0 Å². The summed E-state index contributed by atoms with van der Waals surface area (Å²) in [5.41, 5.74) is -1.60. The third-order valence-electron chi connectivity index (χ3n) is 2.48. The lowest BCUT2D eigenvalue weighted by atomic mass is 9.86. The van der Waals surface area contributed by atoms with E-state index in [4.69, 9.17) is 9.47 Å². The van der Waals surface area contributed by atoms with E-state index in [0.717, 1.165) is 0 Å². The minimum Gasteiger partial charge on any atom is -0.387 e. The first-order valence-corrected chi connectivity index (χ1v) is 4.18. The minimum atomic E-state index is -1.60. The summed E-state index contributed by atoms with van der Waals surface area (Å²) in [7, 11) is 1.37. The summed E-state index contributed by atoms with van der Waals surface area (Å²) in [5.74, 6) is 0. The van der Waals surface area contributed by atoms with Crippen LogP contribution < -0.4 is 0 Å². The molecule has 13 heavy (non-hydrogen) atoms. The Bertz CT molecular complexity index is 181. The molecule has 1 heterocycles. The molecule has 0 bridgehead atoms. The largest absolute Gasteiger partial charge is 0.387 e. The van der Waals surface area contributed by atoms with E-state index in [-0.39, 0.29) is 0 Å². The van der Waals surface area contributed by atoms with Crippen molar-refractivity contribution in [2.24, 2.45) is 0 Å². The van der Waals surface area contributed by atoms with Gasteiger partial charge >= 0.3 is 0 Å². The van der Waals surface area contributed by atoms with Crippen molar-refractivity contribution in [3.63, 3.8) is 0 Å². The Morgan fingerprint density at radius 2 is 1.85 bits per heavy atom. The van der Waals surface area contributed by atoms with Gasteiger partial charge in [0.25, 0.3) is 0 Å². The Morgan fingerprint density at radius 1 is 1.31 bits per heavy atom. The van der Waals surface area contributed by atoms with Gasteiger partial charge in [0, 0.05) is 7.11 Å². The fourth-order valence-electron chi connectivity index (χ4n) is 1.47. The van der Waals surface area contributed by atoms with Crippen molar-refractivity contribution >= 4 is 0 Å². The molecule has 1 fully saturated rings. The van der Waals surface area contributed by atoms with Gasteiger partial charge in [0.1, 0.15) is 17.8 Å². The standard InChI is InChI=1S/C8H16O5/c1-4-5(9)8(2,11)6(10)7(12-3)13-4/h4-7,9-11H,1-3H3/t4-,5-,6-,7+,8+/m0/s1. The predicted octanol–water partition coefficient (Wildman–Crippen LogP) is -1.15. The highest BCUT2D eigenvalue weighted by atomic mass is 16.7. The molecule has 0 spiro atoms. The van der Waals surface area contributed by atoms with Gasteiger partial charge in [-0.2, -0.15) is 0 Å². The van der Waals surface area contributed by atoms with Crippen LogP contribution in [-0.4, -0.2) is 52.6 Å². The van der Waals surface area contributed by atoms with Gasteiger partial charge in [-0.15, -0.1) is 0 Å². The van der Waals surface area contributed by atoms with E-state index >= 15 is 0 Å². The van der Waals surface area contributed by atoms with Crippen molar-refractivity contribution in [2.45, 2.75) is 44.1 Å². The van der Waals surface area contributed by atoms with Crippen molar-refractivity contribution in [3.8, 4) is 0 Å². The number of methoxy groups -OCH3 is 1. The van der Waals surface area contributed by atoms with Crippen molar-refractivity contribution in [1.29, 1.82) is 0 Å². The zero-order valence-electron chi connectivity index (χ0n) is 7.97. The first-order chi connectivity index (χ1) is 5.91. The summed E-state index contributed by atoms with van der Waals surface area (Å²) in [5, 5.41) is 28.7. The van der Waals surface area contributed by atoms with E-state index in [2.05, 4.69) is 0 Å². The van der Waals surface area contributed by atoms with E-state index in [9.17, 15) is 15.3 Å². The van der Waals surface area contributed by atoms with E-state index in [1.807, 2.05) is 0 Å². The molecule has 0 amide bonds. The highest BCUT2D eigenvalue weighted by molar-refractivity contribution is 4.97. The molecule has 78 valence electrons. The molecule has 3 N–H and O–H groups in total. The summed E-state index contributed by atoms with van der Waals surface area (Å²) < 4.78 is 9.93. The summed E-state index contributed by atoms with van der Waals surface area (Å²) >= 11 is 0. The summed E-state index contributed by atoms with van der Waals surface area (Å²) in [6.45, 7) is 2.96. The van der Waals surface area contributed by atoms with Gasteiger partial charge in [0.2, 0.25) is 0 Å². The topological polar surface area (TPSA) is 79.2 Å². The lowest BCUT2D eigenvalue weighted by Crippen LogP contribution is -2.64. The Kier molecular flexibility index (Phi) is 2.94. The average Bonchev–Trinajstić information content (AvgIpc) is 2.09. The molecule has 0 aromatic rings. The molecular weight excluding hydrogens is 176 g/mol. The monoisotopic (exact) mass is 192 g/mol. The third-order valence-corrected chi connectivity index (χ3v) is 2.48. The molecule has 0 radical (unpaired) electrons. The highest BCUT2D eigenvalue weighted by Gasteiger charge is 2.50. The van der Waals surface area contributed by atoms with Crippen molar-refractivity contribution in [3.05, 3.63) is 0 Å². The van der Waals surface area contributed by atoms with Gasteiger partial charge in [0.15, 0.2) is 6.29 Å². The van der Waals surface area contributed by atoms with Crippen molar-refractivity contribution in [1.82, 2.24) is 0 Å². The number of hydrogen-bond donors (Lipinski definition) is 3. The van der Waals surface area contributed by atoms with Crippen LogP contribution >= 0.6 is 0 Å². The number of aliphatic hydroxyl groups is 3. The first kappa shape index (κ1) is 10.9. The molecule has 5 heteroatoms. The van der Waals surface area contributed by atoms with Crippen molar-refractivity contribution in [2.75, 3.05) is 7.11 Å². The van der Waals surface area contributed by atoms with E-state index in [1.165, 1.54) is 14.0 Å². The smallest absolute Gasteiger partial charge is 0.186 e. The molecular formula is C8H16O5. The molecule has 1 aliphatic heterocycles. The maximum absolute atomic E-state index is 9.72. The summed E-state index contributed by atoms with van der Waals surface area (Å²) in [4.78, 5) is 0. The predicted molar refractivity (Wildman–Crippen MR) is 44.0 cm³/mol. The molecule has 1 saturated heterocycles. The second-order valence-corrected chi connectivity index (χ2v) is 3.56. The summed E-state index contributed by atoms with van der Waals surface area (Å²) in [6.07, 6.45) is -3.82. The van der Waals surface area contributed by atoms with E-state index in [0.29, 0.717) is 0 Å². The third kappa shape index (κ3) is 1.70. The maximum Gasteiger partial charge on any atom is 0.186 e. The average molecular weight is 192 g/mol. The number of ether oxygens (including phenoxy) is 2. The Morgan fingerprint density at radius 3 is 2.31 bits per heavy atom. The SMILES string of the molecule is CO[C@@H]1O[C@@H](C)[C@H](O)[C@@](C)(O)[C@H]1O. The van der Waals surface area contributed by atoms with Gasteiger partial charge in [-0.1, -0.05) is 0 Å². The number of hydrogen-bond acceptors (Lipinski definition) is 5. The zero-order chi connectivity index (χ0) is 10.2. The maximum atomic E-state index is 9.72. The lowest BCUT2D eigenvalue weighted by molar-refractivity contribution is -0.315. The zero-order valence-corrected chi connectivity index (χ0v) is 7.97. The molecule has 5 nitrogen and oxygen atoms in total. The van der Waals surface area contributed by atoms with Crippen LogP contribution in [0.2, 0.25) is 0 Å². The fraction of sp³-hybridized carbons (Fsp3) is 1.00. The normalized spacial score (nSPS) is 52.2. The molecule has 0 aliphatic carbocycles. The van der Waals surface area contributed by atoms with Crippen LogP contribution in [0.4, 0.5) is 0 Å². The second kappa shape index (κ2) is 3.51. The minimum absolute atomic E-state index is 0.566. The molecule has 1 aliphatic rings. The van der Waals surface area contributed by atoms with Crippen molar-refractivity contribution < 1.29 is 24.8 Å². The number of aliphatic hydroxyl groups excluding tert-OH is 2. The second-order valence-electron chi connectivity index (χ2n) is 3.56. The molecule has 0 unspecified atom stereocenters. The van der Waals surface area contributed by atoms with Crippen LogP contribution in [-0.2, 0) is 9.47 Å². The van der Waals surface area contributed by atoms with Crippen LogP contribution in [0, 0.1) is 0 Å². The highest BCUT2D eigenvalue weighted by Crippen LogP contribution is 2.29. The molecule has 0 aromatic heterocycles. The Labute approximate surface area is 76.9 Å². The van der Waals surface area contributed by atoms with E-state index in [1.54, 1.807) is 6.92 Å². The van der Waals surface area contributed by atoms with Gasteiger partial charge < -0.3 is 24.8 Å². The first-order valence-electron chi connectivity index (χ1n) is 4.18. The van der Waals surface area contributed by atoms with Gasteiger partial charge in [-0.25, -0.2) is 0 Å². The number of rotatable bonds is 1. The van der Waals surface area contributed by atoms with Crippen LogP contribution in [0.1, 0.15) is 13.8 Å². The van der Waals surface area contributed by atoms with Gasteiger partial charge in [0.05, 0.1) is 6.10 Å². The van der Waals surface area contributed by atoms with Crippen LogP contribution in [0.3, 0.4) is 0 Å². The Hall–Kier alpha value is -0.200. The fourth-order valence-corrected chi connectivity index (χ4v) is 1.47. The van der Waals surface area contributed by atoms with Gasteiger partial charge in [-0.05, 0) is 13.8 Å². The molecule has 1 rings (SSSR count). The van der Waals surface area contributed by atoms with Gasteiger partial charge in [-0.3, -0.25) is 0 Å². The molecule has 5 atom stereocenters. The molecule has 0 saturated carbocycles. The van der Waals surface area contributed by atoms with Crippen LogP contribution in [0.15, 0.2) is 0 Å². The summed E-state index contributed by atoms with van der Waals surface area (Å²) in [6, 6.07) is 0. The molecule has 0 aromatic carbocycles. The lowest BCUT2D eigenvalue weighted by Gasteiger charge is -2.45. The Balaban J connectivity index is 2.82. The van der Waals surface area contributed by atoms with Crippen LogP contribution in [0.25, 0.3) is 0 Å².